The van der Waals surface area contributed by atoms with Crippen LogP contribution in [0.4, 0.5) is 4.39 Å². The lowest BCUT2D eigenvalue weighted by Gasteiger charge is -1.83. The van der Waals surface area contributed by atoms with Gasteiger partial charge in [0.2, 0.25) is 0 Å². The summed E-state index contributed by atoms with van der Waals surface area (Å²) in [5.74, 6) is -0.274. The number of alkyl halides is 1. The molecule has 0 saturated heterocycles. The molecule has 0 saturated carbocycles. The molecule has 2 nitrogen and oxygen atoms in total. The molecular formula is C6H12FO2S-. The summed E-state index contributed by atoms with van der Waals surface area (Å²) in [5, 5.41) is 8.89. The maximum absolute atomic E-state index is 11.1. The second-order valence-corrected chi connectivity index (χ2v) is 2.06. The van der Waals surface area contributed by atoms with Crippen LogP contribution in [0.1, 0.15) is 19.8 Å². The second-order valence-electron chi connectivity index (χ2n) is 1.61. The number of carboxylic acid groups (broad SMARTS) is 1. The Bertz CT molecular complexity index is 70.1. The van der Waals surface area contributed by atoms with Crippen LogP contribution in [0, 0.1) is 0 Å². The Morgan fingerprint density at radius 3 is 2.10 bits per heavy atom. The van der Waals surface area contributed by atoms with Crippen molar-refractivity contribution in [2.45, 2.75) is 19.8 Å². The first kappa shape index (κ1) is 12.4. The molecular weight excluding hydrogens is 155 g/mol. The van der Waals surface area contributed by atoms with Gasteiger partial charge in [0.05, 0.1) is 6.67 Å². The number of hydrogen-bond acceptors (Lipinski definition) is 3. The molecule has 0 bridgehead atoms. The third kappa shape index (κ3) is 46.7. The first-order valence-electron chi connectivity index (χ1n) is 2.99. The molecule has 0 aromatic rings. The monoisotopic (exact) mass is 167 g/mol. The molecule has 0 amide bonds. The van der Waals surface area contributed by atoms with Gasteiger partial charge in [-0.15, -0.1) is 0 Å². The zero-order valence-corrected chi connectivity index (χ0v) is 6.86. The van der Waals surface area contributed by atoms with Gasteiger partial charge in [0.1, 0.15) is 0 Å². The van der Waals surface area contributed by atoms with Crippen molar-refractivity contribution in [3.63, 3.8) is 0 Å². The van der Waals surface area contributed by atoms with E-state index in [1.165, 1.54) is 0 Å². The summed E-state index contributed by atoms with van der Waals surface area (Å²) in [4.78, 5) is 8.89. The van der Waals surface area contributed by atoms with E-state index in [0.29, 0.717) is 6.42 Å². The number of unbranched alkanes of at least 4 members (excludes halogenated alkanes) is 1. The predicted octanol–water partition coefficient (Wildman–Crippen LogP) is 0.422. The maximum atomic E-state index is 11.1. The molecule has 0 spiro atoms. The number of thiol groups is 1. The minimum absolute atomic E-state index is 0.194. The molecule has 0 radical (unpaired) electrons. The van der Waals surface area contributed by atoms with Gasteiger partial charge >= 0.3 is 0 Å². The second kappa shape index (κ2) is 11.5. The molecule has 0 atom stereocenters. The molecule has 10 heavy (non-hydrogen) atoms. The Kier molecular flexibility index (Phi) is 14.3. The summed E-state index contributed by atoms with van der Waals surface area (Å²) < 4.78 is 11.1. The first-order valence-corrected chi connectivity index (χ1v) is 3.62. The zero-order chi connectivity index (χ0) is 8.41. The van der Waals surface area contributed by atoms with Gasteiger partial charge < -0.3 is 9.90 Å². The smallest absolute Gasteiger partial charge is 0.0894 e. The SMILES string of the molecule is CC(=O)[O-].FCCCCS. The van der Waals surface area contributed by atoms with Crippen LogP contribution in [-0.2, 0) is 4.79 Å². The maximum Gasteiger partial charge on any atom is 0.0894 e. The van der Waals surface area contributed by atoms with Crippen molar-refractivity contribution in [1.82, 2.24) is 0 Å². The standard InChI is InChI=1S/C4H9FS.C2H4O2/c5-3-1-2-4-6;1-2(3)4/h6H,1-4H2;1H3,(H,3,4)/p-1. The lowest BCUT2D eigenvalue weighted by atomic mass is 10.4. The summed E-state index contributed by atoms with van der Waals surface area (Å²) in [6, 6.07) is 0. The number of aliphatic carboxylic acids is 1. The van der Waals surface area contributed by atoms with E-state index in [2.05, 4.69) is 12.6 Å². The molecule has 0 unspecified atom stereocenters. The third-order valence-electron chi connectivity index (χ3n) is 0.542. The van der Waals surface area contributed by atoms with Gasteiger partial charge in [-0.2, -0.15) is 12.6 Å². The molecule has 0 heterocycles. The summed E-state index contributed by atoms with van der Waals surface area (Å²) in [6.07, 6.45) is 1.57. The fourth-order valence-corrected chi connectivity index (χ4v) is 0.430. The van der Waals surface area contributed by atoms with Crippen LogP contribution in [0.5, 0.6) is 0 Å². The van der Waals surface area contributed by atoms with Crippen molar-refractivity contribution in [2.75, 3.05) is 12.4 Å². The van der Waals surface area contributed by atoms with E-state index in [-0.39, 0.29) is 6.67 Å². The highest BCUT2D eigenvalue weighted by Crippen LogP contribution is 1.89. The average molecular weight is 167 g/mol. The van der Waals surface area contributed by atoms with Crippen molar-refractivity contribution in [3.05, 3.63) is 0 Å². The van der Waals surface area contributed by atoms with Gasteiger partial charge in [-0.3, -0.25) is 4.39 Å². The number of halogens is 1. The topological polar surface area (TPSA) is 40.1 Å². The van der Waals surface area contributed by atoms with Crippen molar-refractivity contribution in [2.24, 2.45) is 0 Å². The highest BCUT2D eigenvalue weighted by atomic mass is 32.1. The average Bonchev–Trinajstić information content (AvgIpc) is 1.82. The Balaban J connectivity index is 0. The van der Waals surface area contributed by atoms with Gasteiger partial charge in [-0.25, -0.2) is 0 Å². The van der Waals surface area contributed by atoms with E-state index in [9.17, 15) is 4.39 Å². The Morgan fingerprint density at radius 1 is 1.60 bits per heavy atom. The van der Waals surface area contributed by atoms with E-state index in [1.807, 2.05) is 0 Å². The van der Waals surface area contributed by atoms with Crippen molar-refractivity contribution in [3.8, 4) is 0 Å². The van der Waals surface area contributed by atoms with Crippen LogP contribution in [-0.4, -0.2) is 18.4 Å². The van der Waals surface area contributed by atoms with Crippen molar-refractivity contribution < 1.29 is 14.3 Å². The predicted molar refractivity (Wildman–Crippen MR) is 39.7 cm³/mol. The molecule has 0 aromatic carbocycles. The van der Waals surface area contributed by atoms with Gasteiger partial charge in [-0.05, 0) is 25.5 Å². The fourth-order valence-electron chi connectivity index (χ4n) is 0.206. The van der Waals surface area contributed by atoms with E-state index < -0.39 is 5.97 Å². The molecule has 4 heteroatoms. The Labute approximate surface area is 65.8 Å². The fraction of sp³-hybridized carbons (Fsp3) is 0.833. The van der Waals surface area contributed by atoms with Crippen molar-refractivity contribution >= 4 is 18.6 Å². The molecule has 0 N–H and O–H groups in total. The first-order chi connectivity index (χ1) is 4.65. The molecule has 0 aliphatic carbocycles. The summed E-state index contributed by atoms with van der Waals surface area (Å²) in [7, 11) is 0. The molecule has 0 aliphatic rings. The number of carboxylic acids is 1. The normalized spacial score (nSPS) is 7.90. The summed E-state index contributed by atoms with van der Waals surface area (Å²) >= 11 is 3.89. The number of rotatable bonds is 3. The summed E-state index contributed by atoms with van der Waals surface area (Å²) in [5.41, 5.74) is 0. The zero-order valence-electron chi connectivity index (χ0n) is 5.97. The third-order valence-corrected chi connectivity index (χ3v) is 0.858. The molecule has 0 rings (SSSR count). The molecule has 0 aromatic heterocycles. The van der Waals surface area contributed by atoms with Gasteiger partial charge in [0, 0.05) is 5.97 Å². The largest absolute Gasteiger partial charge is 0.550 e. The van der Waals surface area contributed by atoms with Gasteiger partial charge in [0.15, 0.2) is 0 Å². The quantitative estimate of drug-likeness (QED) is 0.489. The summed E-state index contributed by atoms with van der Waals surface area (Å²) in [6.45, 7) is 0.778. The molecule has 62 valence electrons. The molecule has 0 aliphatic heterocycles. The number of carbonyl (C=O) groups is 1. The Morgan fingerprint density at radius 2 is 2.00 bits per heavy atom. The van der Waals surface area contributed by atoms with Crippen LogP contribution < -0.4 is 5.11 Å². The minimum atomic E-state index is -1.08. The van der Waals surface area contributed by atoms with E-state index in [1.54, 1.807) is 0 Å². The van der Waals surface area contributed by atoms with Gasteiger partial charge in [0.25, 0.3) is 0 Å². The van der Waals surface area contributed by atoms with Crippen LogP contribution in [0.15, 0.2) is 0 Å². The lowest BCUT2D eigenvalue weighted by Crippen LogP contribution is -2.16. The number of hydrogen-bond donors (Lipinski definition) is 1. The van der Waals surface area contributed by atoms with Crippen LogP contribution in [0.2, 0.25) is 0 Å². The minimum Gasteiger partial charge on any atom is -0.550 e. The number of carbonyl (C=O) groups excluding carboxylic acids is 1. The van der Waals surface area contributed by atoms with Crippen LogP contribution >= 0.6 is 12.6 Å². The highest BCUT2D eigenvalue weighted by molar-refractivity contribution is 7.80. The van der Waals surface area contributed by atoms with E-state index >= 15 is 0 Å². The van der Waals surface area contributed by atoms with E-state index in [0.717, 1.165) is 19.1 Å². The molecule has 0 fully saturated rings. The van der Waals surface area contributed by atoms with E-state index in [4.69, 9.17) is 9.90 Å². The highest BCUT2D eigenvalue weighted by Gasteiger charge is 1.78. The van der Waals surface area contributed by atoms with Crippen molar-refractivity contribution in [1.29, 1.82) is 0 Å². The lowest BCUT2D eigenvalue weighted by molar-refractivity contribution is -0.302. The Hall–Kier alpha value is -0.250. The van der Waals surface area contributed by atoms with Gasteiger partial charge in [-0.1, -0.05) is 0 Å². The van der Waals surface area contributed by atoms with Crippen LogP contribution in [0.25, 0.3) is 0 Å². The van der Waals surface area contributed by atoms with Crippen LogP contribution in [0.3, 0.4) is 0 Å².